The Morgan fingerprint density at radius 2 is 1.83 bits per heavy atom. The number of anilines is 1. The van der Waals surface area contributed by atoms with Crippen molar-refractivity contribution in [3.63, 3.8) is 0 Å². The summed E-state index contributed by atoms with van der Waals surface area (Å²) in [5.74, 6) is 0.0620. The SMILES string of the molecule is CC(CC(=O)Nc1ccc(Br)cc1)NC1CCN(C(C)C)CC1. The predicted octanol–water partition coefficient (Wildman–Crippen LogP) is 3.63. The third kappa shape index (κ3) is 6.24. The highest BCUT2D eigenvalue weighted by molar-refractivity contribution is 9.10. The van der Waals surface area contributed by atoms with E-state index in [9.17, 15) is 4.79 Å². The lowest BCUT2D eigenvalue weighted by Crippen LogP contribution is -2.47. The fraction of sp³-hybridized carbons (Fsp3) is 0.611. The second-order valence-corrected chi connectivity index (χ2v) is 7.65. The summed E-state index contributed by atoms with van der Waals surface area (Å²) in [4.78, 5) is 14.6. The molecule has 1 aliphatic rings. The number of carbonyl (C=O) groups excluding carboxylic acids is 1. The number of halogens is 1. The number of nitrogens with one attached hydrogen (secondary N) is 2. The molecule has 1 atom stereocenters. The number of piperidine rings is 1. The zero-order valence-corrected chi connectivity index (χ0v) is 15.9. The van der Waals surface area contributed by atoms with Gasteiger partial charge >= 0.3 is 0 Å². The van der Waals surface area contributed by atoms with Crippen LogP contribution < -0.4 is 10.6 Å². The number of amides is 1. The minimum Gasteiger partial charge on any atom is -0.326 e. The molecule has 1 amide bonds. The van der Waals surface area contributed by atoms with Crippen LogP contribution in [-0.4, -0.2) is 42.0 Å². The minimum absolute atomic E-state index is 0.0620. The molecule has 0 aliphatic carbocycles. The monoisotopic (exact) mass is 381 g/mol. The van der Waals surface area contributed by atoms with E-state index in [4.69, 9.17) is 0 Å². The van der Waals surface area contributed by atoms with Crippen LogP contribution in [0.2, 0.25) is 0 Å². The zero-order valence-electron chi connectivity index (χ0n) is 14.3. The molecule has 2 rings (SSSR count). The minimum atomic E-state index is 0.0620. The van der Waals surface area contributed by atoms with Crippen LogP contribution in [0.3, 0.4) is 0 Å². The van der Waals surface area contributed by atoms with Gasteiger partial charge in [-0.3, -0.25) is 4.79 Å². The molecule has 4 nitrogen and oxygen atoms in total. The summed E-state index contributed by atoms with van der Waals surface area (Å²) in [6, 6.07) is 9.02. The molecular weight excluding hydrogens is 354 g/mol. The molecule has 1 aromatic carbocycles. The summed E-state index contributed by atoms with van der Waals surface area (Å²) in [5.41, 5.74) is 0.843. The van der Waals surface area contributed by atoms with Gasteiger partial charge in [-0.15, -0.1) is 0 Å². The van der Waals surface area contributed by atoms with E-state index in [-0.39, 0.29) is 11.9 Å². The van der Waals surface area contributed by atoms with E-state index in [1.54, 1.807) is 0 Å². The van der Waals surface area contributed by atoms with E-state index >= 15 is 0 Å². The van der Waals surface area contributed by atoms with Crippen LogP contribution >= 0.6 is 15.9 Å². The van der Waals surface area contributed by atoms with Crippen LogP contribution in [0.1, 0.15) is 40.0 Å². The van der Waals surface area contributed by atoms with Gasteiger partial charge in [0.2, 0.25) is 5.91 Å². The van der Waals surface area contributed by atoms with Crippen molar-refractivity contribution in [1.82, 2.24) is 10.2 Å². The molecule has 1 aromatic rings. The number of rotatable bonds is 6. The number of carbonyl (C=O) groups is 1. The Morgan fingerprint density at radius 1 is 1.22 bits per heavy atom. The Kier molecular flexibility index (Phi) is 7.06. The molecule has 1 fully saturated rings. The van der Waals surface area contributed by atoms with Gasteiger partial charge in [0.1, 0.15) is 0 Å². The van der Waals surface area contributed by atoms with Gasteiger partial charge in [0.25, 0.3) is 0 Å². The predicted molar refractivity (Wildman–Crippen MR) is 99.7 cm³/mol. The zero-order chi connectivity index (χ0) is 16.8. The molecule has 1 aliphatic heterocycles. The molecule has 1 saturated heterocycles. The molecule has 5 heteroatoms. The Hall–Kier alpha value is -0.910. The summed E-state index contributed by atoms with van der Waals surface area (Å²) in [5, 5.41) is 6.56. The molecule has 0 bridgehead atoms. The van der Waals surface area contributed by atoms with Crippen molar-refractivity contribution < 1.29 is 4.79 Å². The number of benzene rings is 1. The highest BCUT2D eigenvalue weighted by Crippen LogP contribution is 2.16. The van der Waals surface area contributed by atoms with Gasteiger partial charge in [-0.25, -0.2) is 0 Å². The van der Waals surface area contributed by atoms with Crippen molar-refractivity contribution in [3.05, 3.63) is 28.7 Å². The first kappa shape index (κ1) is 18.4. The summed E-state index contributed by atoms with van der Waals surface area (Å²) in [7, 11) is 0. The second-order valence-electron chi connectivity index (χ2n) is 6.73. The van der Waals surface area contributed by atoms with Crippen LogP contribution in [0.15, 0.2) is 28.7 Å². The van der Waals surface area contributed by atoms with Gasteiger partial charge < -0.3 is 15.5 Å². The van der Waals surface area contributed by atoms with Gasteiger partial charge in [0.15, 0.2) is 0 Å². The fourth-order valence-electron chi connectivity index (χ4n) is 3.07. The maximum Gasteiger partial charge on any atom is 0.225 e. The second kappa shape index (κ2) is 8.81. The largest absolute Gasteiger partial charge is 0.326 e. The maximum atomic E-state index is 12.1. The Labute approximate surface area is 148 Å². The van der Waals surface area contributed by atoms with Crippen molar-refractivity contribution in [2.24, 2.45) is 0 Å². The Balaban J connectivity index is 1.71. The lowest BCUT2D eigenvalue weighted by atomic mass is 10.0. The summed E-state index contributed by atoms with van der Waals surface area (Å²) < 4.78 is 1.01. The Bertz CT molecular complexity index is 495. The van der Waals surface area contributed by atoms with E-state index in [0.717, 1.165) is 36.1 Å². The van der Waals surface area contributed by atoms with E-state index < -0.39 is 0 Å². The summed E-state index contributed by atoms with van der Waals surface area (Å²) in [6.45, 7) is 8.89. The molecule has 1 heterocycles. The number of nitrogens with zero attached hydrogens (tertiary/aromatic N) is 1. The van der Waals surface area contributed by atoms with Crippen LogP contribution in [0.4, 0.5) is 5.69 Å². The number of hydrogen-bond donors (Lipinski definition) is 2. The van der Waals surface area contributed by atoms with Crippen molar-refractivity contribution in [1.29, 1.82) is 0 Å². The van der Waals surface area contributed by atoms with Gasteiger partial charge in [-0.1, -0.05) is 15.9 Å². The third-order valence-electron chi connectivity index (χ3n) is 4.40. The molecule has 1 unspecified atom stereocenters. The first-order valence-electron chi connectivity index (χ1n) is 8.49. The van der Waals surface area contributed by atoms with Crippen LogP contribution in [0, 0.1) is 0 Å². The van der Waals surface area contributed by atoms with Crippen molar-refractivity contribution in [2.45, 2.75) is 58.2 Å². The molecule has 0 radical (unpaired) electrons. The number of likely N-dealkylation sites (tertiary alicyclic amines) is 1. The van der Waals surface area contributed by atoms with Gasteiger partial charge in [0.05, 0.1) is 0 Å². The van der Waals surface area contributed by atoms with Gasteiger partial charge in [-0.05, 0) is 71.0 Å². The van der Waals surface area contributed by atoms with Crippen LogP contribution in [0.25, 0.3) is 0 Å². The van der Waals surface area contributed by atoms with E-state index in [2.05, 4.69) is 52.2 Å². The highest BCUT2D eigenvalue weighted by Gasteiger charge is 2.22. The Morgan fingerprint density at radius 3 is 2.39 bits per heavy atom. The molecule has 128 valence electrons. The standard InChI is InChI=1S/C18H28BrN3O/c1-13(2)22-10-8-17(9-11-22)20-14(3)12-18(23)21-16-6-4-15(19)5-7-16/h4-7,13-14,17,20H,8-12H2,1-3H3,(H,21,23). The average Bonchev–Trinajstić information content (AvgIpc) is 2.50. The lowest BCUT2D eigenvalue weighted by Gasteiger charge is -2.36. The normalized spacial score (nSPS) is 18.1. The highest BCUT2D eigenvalue weighted by atomic mass is 79.9. The summed E-state index contributed by atoms with van der Waals surface area (Å²) >= 11 is 3.39. The third-order valence-corrected chi connectivity index (χ3v) is 4.93. The first-order valence-corrected chi connectivity index (χ1v) is 9.29. The molecule has 23 heavy (non-hydrogen) atoms. The van der Waals surface area contributed by atoms with Crippen LogP contribution in [0.5, 0.6) is 0 Å². The molecule has 0 saturated carbocycles. The van der Waals surface area contributed by atoms with Gasteiger partial charge in [0, 0.05) is 34.7 Å². The fourth-order valence-corrected chi connectivity index (χ4v) is 3.33. The van der Waals surface area contributed by atoms with Crippen molar-refractivity contribution in [2.75, 3.05) is 18.4 Å². The van der Waals surface area contributed by atoms with E-state index in [1.165, 1.54) is 0 Å². The van der Waals surface area contributed by atoms with E-state index in [1.807, 2.05) is 24.3 Å². The number of hydrogen-bond acceptors (Lipinski definition) is 3. The molecule has 2 N–H and O–H groups in total. The van der Waals surface area contributed by atoms with Gasteiger partial charge in [-0.2, -0.15) is 0 Å². The lowest BCUT2D eigenvalue weighted by molar-refractivity contribution is -0.116. The van der Waals surface area contributed by atoms with Crippen LogP contribution in [-0.2, 0) is 4.79 Å². The topological polar surface area (TPSA) is 44.4 Å². The van der Waals surface area contributed by atoms with Crippen molar-refractivity contribution in [3.8, 4) is 0 Å². The van der Waals surface area contributed by atoms with E-state index in [0.29, 0.717) is 18.5 Å². The smallest absolute Gasteiger partial charge is 0.225 e. The summed E-state index contributed by atoms with van der Waals surface area (Å²) in [6.07, 6.45) is 2.83. The quantitative estimate of drug-likeness (QED) is 0.790. The maximum absolute atomic E-state index is 12.1. The molecule has 0 spiro atoms. The molecule has 0 aromatic heterocycles. The first-order chi connectivity index (χ1) is 10.9. The molecular formula is C18H28BrN3O. The average molecular weight is 382 g/mol. The van der Waals surface area contributed by atoms with Crippen molar-refractivity contribution >= 4 is 27.5 Å².